The van der Waals surface area contributed by atoms with Crippen LogP contribution < -0.4 is 5.32 Å². The second-order valence-electron chi connectivity index (χ2n) is 3.57. The summed E-state index contributed by atoms with van der Waals surface area (Å²) < 4.78 is 1.24. The first kappa shape index (κ1) is 12.9. The highest BCUT2D eigenvalue weighted by molar-refractivity contribution is 4.49. The number of hydrogen-bond donors (Lipinski definition) is 1. The molecule has 0 fully saturated rings. The Morgan fingerprint density at radius 3 is 2.00 bits per heavy atom. The van der Waals surface area contributed by atoms with E-state index in [1.54, 1.807) is 0 Å². The Kier molecular flexibility index (Phi) is 7.29. The molecule has 0 spiro atoms. The summed E-state index contributed by atoms with van der Waals surface area (Å²) in [4.78, 5) is 0. The molecule has 0 aliphatic rings. The van der Waals surface area contributed by atoms with E-state index in [9.17, 15) is 0 Å². The van der Waals surface area contributed by atoms with Gasteiger partial charge in [0.05, 0.1) is 26.2 Å². The number of rotatable bonds is 8. The van der Waals surface area contributed by atoms with Crippen LogP contribution >= 0.6 is 0 Å². The van der Waals surface area contributed by atoms with Crippen molar-refractivity contribution in [2.45, 2.75) is 27.2 Å². The summed E-state index contributed by atoms with van der Waals surface area (Å²) in [6.45, 7) is 18.9. The third kappa shape index (κ3) is 4.63. The van der Waals surface area contributed by atoms with Crippen molar-refractivity contribution in [1.82, 2.24) is 5.32 Å². The number of nitrogens with one attached hydrogen (secondary N) is 1. The summed E-state index contributed by atoms with van der Waals surface area (Å²) >= 11 is 0. The van der Waals surface area contributed by atoms with Crippen LogP contribution in [0.3, 0.4) is 0 Å². The lowest BCUT2D eigenvalue weighted by Gasteiger charge is -2.35. The largest absolute Gasteiger partial charge is 0.324 e. The SMILES string of the molecule is [CH]CNCCC[N+](CC)(CC)CC. The number of nitrogens with zero attached hydrogens (tertiary/aromatic N) is 1. The van der Waals surface area contributed by atoms with Crippen LogP contribution in [0.5, 0.6) is 0 Å². The van der Waals surface area contributed by atoms with Gasteiger partial charge < -0.3 is 9.80 Å². The second-order valence-corrected chi connectivity index (χ2v) is 3.57. The van der Waals surface area contributed by atoms with Crippen LogP contribution in [-0.4, -0.2) is 43.8 Å². The Morgan fingerprint density at radius 1 is 1.08 bits per heavy atom. The predicted molar refractivity (Wildman–Crippen MR) is 58.5 cm³/mol. The lowest BCUT2D eigenvalue weighted by Crippen LogP contribution is -2.48. The van der Waals surface area contributed by atoms with Gasteiger partial charge in [0.1, 0.15) is 0 Å². The summed E-state index contributed by atoms with van der Waals surface area (Å²) in [6, 6.07) is 0. The van der Waals surface area contributed by atoms with Crippen molar-refractivity contribution >= 4 is 0 Å². The first-order valence-corrected chi connectivity index (χ1v) is 5.50. The molecule has 0 aliphatic carbocycles. The lowest BCUT2D eigenvalue weighted by atomic mass is 10.3. The Balaban J connectivity index is 3.68. The van der Waals surface area contributed by atoms with Gasteiger partial charge in [-0.05, 0) is 34.2 Å². The number of quaternary nitrogens is 1. The van der Waals surface area contributed by atoms with E-state index in [-0.39, 0.29) is 0 Å². The Bertz CT molecular complexity index is 100. The molecule has 0 saturated heterocycles. The van der Waals surface area contributed by atoms with E-state index < -0.39 is 0 Å². The normalized spacial score (nSPS) is 12.0. The zero-order chi connectivity index (χ0) is 10.2. The molecule has 0 aromatic carbocycles. The Morgan fingerprint density at radius 2 is 1.62 bits per heavy atom. The van der Waals surface area contributed by atoms with E-state index in [2.05, 4.69) is 26.1 Å². The second kappa shape index (κ2) is 7.34. The summed E-state index contributed by atoms with van der Waals surface area (Å²) in [6.07, 6.45) is 1.23. The van der Waals surface area contributed by atoms with E-state index in [0.29, 0.717) is 6.54 Å². The molecular weight excluding hydrogens is 160 g/mol. The van der Waals surface area contributed by atoms with Gasteiger partial charge in [-0.3, -0.25) is 0 Å². The minimum Gasteiger partial charge on any atom is -0.324 e. The van der Waals surface area contributed by atoms with Gasteiger partial charge in [-0.1, -0.05) is 0 Å². The molecule has 78 valence electrons. The van der Waals surface area contributed by atoms with E-state index >= 15 is 0 Å². The van der Waals surface area contributed by atoms with Gasteiger partial charge in [-0.2, -0.15) is 0 Å². The van der Waals surface area contributed by atoms with Crippen molar-refractivity contribution < 1.29 is 4.48 Å². The van der Waals surface area contributed by atoms with Gasteiger partial charge in [-0.25, -0.2) is 0 Å². The molecule has 2 radical (unpaired) electrons. The van der Waals surface area contributed by atoms with E-state index in [1.165, 1.54) is 37.1 Å². The zero-order valence-electron chi connectivity index (χ0n) is 9.47. The van der Waals surface area contributed by atoms with E-state index in [0.717, 1.165) is 6.54 Å². The Hall–Kier alpha value is -0.0800. The molecule has 2 heteroatoms. The van der Waals surface area contributed by atoms with E-state index in [4.69, 9.17) is 6.92 Å². The van der Waals surface area contributed by atoms with Gasteiger partial charge in [0.25, 0.3) is 0 Å². The van der Waals surface area contributed by atoms with Gasteiger partial charge in [-0.15, -0.1) is 0 Å². The van der Waals surface area contributed by atoms with Crippen molar-refractivity contribution in [3.05, 3.63) is 6.92 Å². The molecular formula is C11H25N2+. The first-order chi connectivity index (χ1) is 6.24. The fourth-order valence-electron chi connectivity index (χ4n) is 1.79. The predicted octanol–water partition coefficient (Wildman–Crippen LogP) is 1.55. The third-order valence-electron chi connectivity index (χ3n) is 3.14. The summed E-state index contributed by atoms with van der Waals surface area (Å²) in [5.74, 6) is 0. The molecule has 0 saturated carbocycles. The third-order valence-corrected chi connectivity index (χ3v) is 3.14. The lowest BCUT2D eigenvalue weighted by molar-refractivity contribution is -0.923. The molecule has 0 rings (SSSR count). The zero-order valence-corrected chi connectivity index (χ0v) is 9.47. The van der Waals surface area contributed by atoms with Gasteiger partial charge in [0.15, 0.2) is 0 Å². The van der Waals surface area contributed by atoms with Crippen molar-refractivity contribution in [2.75, 3.05) is 39.3 Å². The van der Waals surface area contributed by atoms with Crippen LogP contribution in [0.1, 0.15) is 27.2 Å². The maximum absolute atomic E-state index is 5.36. The van der Waals surface area contributed by atoms with Gasteiger partial charge in [0, 0.05) is 13.0 Å². The average Bonchev–Trinajstić information content (AvgIpc) is 2.20. The van der Waals surface area contributed by atoms with Crippen LogP contribution in [0.15, 0.2) is 0 Å². The van der Waals surface area contributed by atoms with Crippen LogP contribution in [0.25, 0.3) is 0 Å². The molecule has 0 heterocycles. The smallest absolute Gasteiger partial charge is 0.0798 e. The quantitative estimate of drug-likeness (QED) is 0.447. The van der Waals surface area contributed by atoms with Gasteiger partial charge in [0.2, 0.25) is 0 Å². The fraction of sp³-hybridized carbons (Fsp3) is 0.909. The summed E-state index contributed by atoms with van der Waals surface area (Å²) in [7, 11) is 0. The van der Waals surface area contributed by atoms with Crippen LogP contribution in [0, 0.1) is 6.92 Å². The Labute approximate surface area is 83.9 Å². The highest BCUT2D eigenvalue weighted by Gasteiger charge is 2.19. The van der Waals surface area contributed by atoms with Gasteiger partial charge >= 0.3 is 0 Å². The van der Waals surface area contributed by atoms with Crippen molar-refractivity contribution in [1.29, 1.82) is 0 Å². The molecule has 0 bridgehead atoms. The fourth-order valence-corrected chi connectivity index (χ4v) is 1.79. The molecule has 0 aliphatic heterocycles. The van der Waals surface area contributed by atoms with Crippen molar-refractivity contribution in [2.24, 2.45) is 0 Å². The van der Waals surface area contributed by atoms with E-state index in [1.807, 2.05) is 0 Å². The standard InChI is InChI=1S/C11H25N2/c1-5-12-10-9-11-13(6-2,7-3)8-4/h1,12H,5-11H2,2-4H3/q+1. The highest BCUT2D eigenvalue weighted by atomic mass is 15.3. The maximum atomic E-state index is 5.36. The molecule has 1 N–H and O–H groups in total. The number of hydrogen-bond acceptors (Lipinski definition) is 1. The average molecular weight is 185 g/mol. The summed E-state index contributed by atoms with van der Waals surface area (Å²) in [5, 5.41) is 3.16. The maximum Gasteiger partial charge on any atom is 0.0798 e. The molecule has 0 atom stereocenters. The van der Waals surface area contributed by atoms with Crippen molar-refractivity contribution in [3.63, 3.8) is 0 Å². The molecule has 2 nitrogen and oxygen atoms in total. The first-order valence-electron chi connectivity index (χ1n) is 5.50. The molecule has 0 unspecified atom stereocenters. The van der Waals surface area contributed by atoms with Crippen LogP contribution in [0.4, 0.5) is 0 Å². The summed E-state index contributed by atoms with van der Waals surface area (Å²) in [5.41, 5.74) is 0. The minimum absolute atomic E-state index is 0.602. The van der Waals surface area contributed by atoms with Crippen LogP contribution in [0.2, 0.25) is 0 Å². The van der Waals surface area contributed by atoms with Crippen LogP contribution in [-0.2, 0) is 0 Å². The van der Waals surface area contributed by atoms with Crippen molar-refractivity contribution in [3.8, 4) is 0 Å². The monoisotopic (exact) mass is 185 g/mol. The highest BCUT2D eigenvalue weighted by Crippen LogP contribution is 2.06. The molecule has 0 aromatic heterocycles. The topological polar surface area (TPSA) is 12.0 Å². The molecule has 0 aromatic rings. The minimum atomic E-state index is 0.602. The molecule has 0 amide bonds. The molecule has 13 heavy (non-hydrogen) atoms.